The van der Waals surface area contributed by atoms with Crippen LogP contribution in [0, 0.1) is 11.3 Å². The molecule has 18 heavy (non-hydrogen) atoms. The van der Waals surface area contributed by atoms with Crippen LogP contribution >= 0.6 is 0 Å². The van der Waals surface area contributed by atoms with Gasteiger partial charge in [0.25, 0.3) is 0 Å². The van der Waals surface area contributed by atoms with Crippen LogP contribution in [0.4, 0.5) is 0 Å². The second kappa shape index (κ2) is 4.30. The first-order chi connectivity index (χ1) is 8.43. The zero-order valence-corrected chi connectivity index (χ0v) is 11.2. The van der Waals surface area contributed by atoms with E-state index in [2.05, 4.69) is 44.0 Å². The Morgan fingerprint density at radius 3 is 2.28 bits per heavy atom. The lowest BCUT2D eigenvalue weighted by Crippen LogP contribution is -2.10. The molecule has 0 spiro atoms. The van der Waals surface area contributed by atoms with Gasteiger partial charge in [-0.15, -0.1) is 0 Å². The van der Waals surface area contributed by atoms with Crippen molar-refractivity contribution in [2.75, 3.05) is 0 Å². The van der Waals surface area contributed by atoms with Crippen LogP contribution in [0.1, 0.15) is 32.0 Å². The minimum atomic E-state index is 0.140. The molecule has 2 rings (SSSR count). The van der Waals surface area contributed by atoms with Gasteiger partial charge in [-0.05, 0) is 11.0 Å². The van der Waals surface area contributed by atoms with Crippen LogP contribution in [0.5, 0.6) is 0 Å². The minimum absolute atomic E-state index is 0.140. The molecule has 0 atom stereocenters. The fourth-order valence-electron chi connectivity index (χ4n) is 1.90. The van der Waals surface area contributed by atoms with E-state index in [-0.39, 0.29) is 5.41 Å². The Balaban J connectivity index is 2.45. The van der Waals surface area contributed by atoms with Gasteiger partial charge in [-0.25, -0.2) is 4.98 Å². The van der Waals surface area contributed by atoms with Gasteiger partial charge >= 0.3 is 0 Å². The molecule has 2 aromatic rings. The molecule has 1 aromatic carbocycles. The largest absolute Gasteiger partial charge is 0.325 e. The fourth-order valence-corrected chi connectivity index (χ4v) is 1.90. The summed E-state index contributed by atoms with van der Waals surface area (Å²) in [6, 6.07) is 10.5. The molecule has 0 saturated carbocycles. The summed E-state index contributed by atoms with van der Waals surface area (Å²) in [6.45, 7) is 6.55. The third-order valence-corrected chi connectivity index (χ3v) is 3.07. The molecule has 0 radical (unpaired) electrons. The number of aromatic nitrogens is 2. The van der Waals surface area contributed by atoms with Crippen molar-refractivity contribution in [2.45, 2.75) is 26.2 Å². The zero-order chi connectivity index (χ0) is 13.3. The van der Waals surface area contributed by atoms with Gasteiger partial charge in [-0.2, -0.15) is 5.26 Å². The predicted octanol–water partition coefficient (Wildman–Crippen LogP) is 3.26. The Labute approximate surface area is 108 Å². The SMILES string of the molecule is Cn1cnc(-c2ccc(C(C)(C)C)cc2)c1C#N. The summed E-state index contributed by atoms with van der Waals surface area (Å²) in [6.07, 6.45) is 1.67. The van der Waals surface area contributed by atoms with E-state index in [0.29, 0.717) is 5.69 Å². The molecule has 3 heteroatoms. The molecule has 0 aliphatic rings. The van der Waals surface area contributed by atoms with Gasteiger partial charge in [-0.1, -0.05) is 45.0 Å². The van der Waals surface area contributed by atoms with Crippen LogP contribution in [0.3, 0.4) is 0 Å². The highest BCUT2D eigenvalue weighted by Crippen LogP contribution is 2.26. The highest BCUT2D eigenvalue weighted by atomic mass is 15.0. The van der Waals surface area contributed by atoms with E-state index >= 15 is 0 Å². The number of benzene rings is 1. The van der Waals surface area contributed by atoms with E-state index in [1.54, 1.807) is 10.9 Å². The average Bonchev–Trinajstić information content (AvgIpc) is 2.69. The van der Waals surface area contributed by atoms with Gasteiger partial charge in [0.2, 0.25) is 0 Å². The standard InChI is InChI=1S/C15H17N3/c1-15(2,3)12-7-5-11(6-8-12)14-13(9-16)18(4)10-17-14/h5-8,10H,1-4H3. The number of nitriles is 1. The van der Waals surface area contributed by atoms with Crippen LogP contribution in [0.15, 0.2) is 30.6 Å². The molecule has 0 aliphatic carbocycles. The van der Waals surface area contributed by atoms with Crippen LogP contribution in [-0.2, 0) is 12.5 Å². The Morgan fingerprint density at radius 1 is 1.17 bits per heavy atom. The van der Waals surface area contributed by atoms with Gasteiger partial charge in [0.05, 0.1) is 6.33 Å². The van der Waals surface area contributed by atoms with Gasteiger partial charge in [0, 0.05) is 12.6 Å². The van der Waals surface area contributed by atoms with Crippen LogP contribution in [0.25, 0.3) is 11.3 Å². The van der Waals surface area contributed by atoms with Crippen LogP contribution < -0.4 is 0 Å². The molecule has 0 saturated heterocycles. The van der Waals surface area contributed by atoms with Crippen LogP contribution in [-0.4, -0.2) is 9.55 Å². The average molecular weight is 239 g/mol. The molecule has 1 heterocycles. The van der Waals surface area contributed by atoms with Crippen molar-refractivity contribution in [3.05, 3.63) is 41.9 Å². The molecular formula is C15H17N3. The van der Waals surface area contributed by atoms with Crippen molar-refractivity contribution in [1.82, 2.24) is 9.55 Å². The molecule has 3 nitrogen and oxygen atoms in total. The zero-order valence-electron chi connectivity index (χ0n) is 11.2. The second-order valence-corrected chi connectivity index (χ2v) is 5.49. The first kappa shape index (κ1) is 12.4. The molecule has 0 fully saturated rings. The Kier molecular flexibility index (Phi) is 2.96. The second-order valence-electron chi connectivity index (χ2n) is 5.49. The maximum Gasteiger partial charge on any atom is 0.147 e. The Morgan fingerprint density at radius 2 is 1.78 bits per heavy atom. The summed E-state index contributed by atoms with van der Waals surface area (Å²) < 4.78 is 1.74. The summed E-state index contributed by atoms with van der Waals surface area (Å²) >= 11 is 0. The van der Waals surface area contributed by atoms with Crippen molar-refractivity contribution in [3.8, 4) is 17.3 Å². The fraction of sp³-hybridized carbons (Fsp3) is 0.333. The molecular weight excluding hydrogens is 222 g/mol. The summed E-state index contributed by atoms with van der Waals surface area (Å²) in [5.41, 5.74) is 3.75. The van der Waals surface area contributed by atoms with E-state index in [1.807, 2.05) is 19.2 Å². The molecule has 92 valence electrons. The van der Waals surface area contributed by atoms with Gasteiger partial charge < -0.3 is 4.57 Å². The Hall–Kier alpha value is -2.08. The number of hydrogen-bond acceptors (Lipinski definition) is 2. The monoisotopic (exact) mass is 239 g/mol. The molecule has 0 bridgehead atoms. The Bertz CT molecular complexity index is 592. The maximum atomic E-state index is 9.12. The molecule has 0 unspecified atom stereocenters. The van der Waals surface area contributed by atoms with E-state index in [1.165, 1.54) is 5.56 Å². The van der Waals surface area contributed by atoms with Crippen molar-refractivity contribution < 1.29 is 0 Å². The lowest BCUT2D eigenvalue weighted by molar-refractivity contribution is 0.590. The van der Waals surface area contributed by atoms with Gasteiger partial charge in [-0.3, -0.25) is 0 Å². The number of hydrogen-bond donors (Lipinski definition) is 0. The summed E-state index contributed by atoms with van der Waals surface area (Å²) in [4.78, 5) is 4.29. The molecule has 0 N–H and O–H groups in total. The minimum Gasteiger partial charge on any atom is -0.325 e. The third kappa shape index (κ3) is 2.14. The molecule has 0 amide bonds. The predicted molar refractivity (Wildman–Crippen MR) is 72.1 cm³/mol. The van der Waals surface area contributed by atoms with E-state index in [9.17, 15) is 0 Å². The van der Waals surface area contributed by atoms with Crippen LogP contribution in [0.2, 0.25) is 0 Å². The molecule has 0 aliphatic heterocycles. The highest BCUT2D eigenvalue weighted by molar-refractivity contribution is 5.65. The van der Waals surface area contributed by atoms with E-state index < -0.39 is 0 Å². The normalized spacial score (nSPS) is 11.3. The lowest BCUT2D eigenvalue weighted by atomic mass is 9.86. The maximum absolute atomic E-state index is 9.12. The highest BCUT2D eigenvalue weighted by Gasteiger charge is 2.15. The van der Waals surface area contributed by atoms with Crippen molar-refractivity contribution in [1.29, 1.82) is 5.26 Å². The van der Waals surface area contributed by atoms with Crippen molar-refractivity contribution in [3.63, 3.8) is 0 Å². The quantitative estimate of drug-likeness (QED) is 0.766. The third-order valence-electron chi connectivity index (χ3n) is 3.07. The summed E-state index contributed by atoms with van der Waals surface area (Å²) in [5, 5.41) is 9.12. The summed E-state index contributed by atoms with van der Waals surface area (Å²) in [5.74, 6) is 0. The number of imidazole rings is 1. The van der Waals surface area contributed by atoms with E-state index in [0.717, 1.165) is 11.3 Å². The lowest BCUT2D eigenvalue weighted by Gasteiger charge is -2.18. The van der Waals surface area contributed by atoms with Crippen molar-refractivity contribution >= 4 is 0 Å². The van der Waals surface area contributed by atoms with Gasteiger partial charge in [0.1, 0.15) is 17.5 Å². The van der Waals surface area contributed by atoms with E-state index in [4.69, 9.17) is 5.26 Å². The summed E-state index contributed by atoms with van der Waals surface area (Å²) in [7, 11) is 1.83. The smallest absolute Gasteiger partial charge is 0.147 e. The first-order valence-electron chi connectivity index (χ1n) is 5.96. The number of nitrogens with zero attached hydrogens (tertiary/aromatic N) is 3. The topological polar surface area (TPSA) is 41.6 Å². The van der Waals surface area contributed by atoms with Gasteiger partial charge in [0.15, 0.2) is 0 Å². The molecule has 1 aromatic heterocycles. The van der Waals surface area contributed by atoms with Crippen molar-refractivity contribution in [2.24, 2.45) is 7.05 Å². The first-order valence-corrected chi connectivity index (χ1v) is 5.96. The number of aryl methyl sites for hydroxylation is 1. The number of rotatable bonds is 1.